The zero-order chi connectivity index (χ0) is 9.28. The number of aliphatic carboxylic acids is 2. The Labute approximate surface area is 68.1 Å². The van der Waals surface area contributed by atoms with Crippen LogP contribution in [0.25, 0.3) is 0 Å². The van der Waals surface area contributed by atoms with Crippen molar-refractivity contribution in [3.05, 3.63) is 0 Å². The number of carbonyl (C=O) groups is 2. The monoisotopic (exact) mass is 174 g/mol. The zero-order valence-corrected chi connectivity index (χ0v) is 7.55. The molecule has 11 heavy (non-hydrogen) atoms. The molecule has 5 heteroatoms. The van der Waals surface area contributed by atoms with Gasteiger partial charge in [0.15, 0.2) is 0 Å². The van der Waals surface area contributed by atoms with E-state index in [1.807, 2.05) is 0 Å². The molecule has 0 saturated heterocycles. The maximum Gasteiger partial charge on any atom is 0.902 e. The molecule has 0 N–H and O–H groups in total. The van der Waals surface area contributed by atoms with Gasteiger partial charge in [0.1, 0.15) is 0 Å². The summed E-state index contributed by atoms with van der Waals surface area (Å²) >= 11 is 0. The summed E-state index contributed by atoms with van der Waals surface area (Å²) < 4.78 is 0. The minimum absolute atomic E-state index is 1.20. The van der Waals surface area contributed by atoms with Crippen LogP contribution in [0, 0.1) is 0 Å². The minimum Gasteiger partial charge on any atom is -0.543 e. The lowest BCUT2D eigenvalue weighted by Gasteiger charge is -1.97. The van der Waals surface area contributed by atoms with Crippen molar-refractivity contribution in [3.8, 4) is 0 Å². The van der Waals surface area contributed by atoms with Gasteiger partial charge in [0.05, 0.1) is 11.9 Å². The fourth-order valence-electron chi connectivity index (χ4n) is 0.250. The molecule has 0 aliphatic rings. The lowest BCUT2D eigenvalue weighted by Crippen LogP contribution is -2.42. The Morgan fingerprint density at radius 1 is 1.09 bits per heavy atom. The first kappa shape index (κ1) is 12.8. The van der Waals surface area contributed by atoms with E-state index in [0.29, 0.717) is 0 Å². The number of hydrogen-bond donors (Lipinski definition) is 0. The fourth-order valence-corrected chi connectivity index (χ4v) is 0.750. The molecule has 0 unspecified atom stereocenters. The molecule has 0 aliphatic heterocycles. The molecule has 0 spiro atoms. The van der Waals surface area contributed by atoms with Crippen LogP contribution in [0.4, 0.5) is 0 Å². The Morgan fingerprint density at radius 2 is 1.36 bits per heavy atom. The standard InChI is InChI=1S/C4H10Si.C2H2O4/c1-3-5-4-2;3-1(4)2(5)6/h3-4H2,1-2H3;(H,3,4)(H,5,6)/q+2;/p-2. The topological polar surface area (TPSA) is 80.3 Å². The number of carboxylic acid groups (broad SMARTS) is 2. The van der Waals surface area contributed by atoms with E-state index in [2.05, 4.69) is 13.8 Å². The van der Waals surface area contributed by atoms with Gasteiger partial charge in [-0.25, -0.2) is 0 Å². The van der Waals surface area contributed by atoms with Crippen LogP contribution in [0.15, 0.2) is 0 Å². The Balaban J connectivity index is 0. The van der Waals surface area contributed by atoms with Crippen molar-refractivity contribution in [3.63, 3.8) is 0 Å². The zero-order valence-electron chi connectivity index (χ0n) is 6.55. The van der Waals surface area contributed by atoms with Crippen LogP contribution < -0.4 is 10.2 Å². The van der Waals surface area contributed by atoms with E-state index in [9.17, 15) is 0 Å². The molecule has 0 fully saturated rings. The summed E-state index contributed by atoms with van der Waals surface area (Å²) in [5.74, 6) is -4.37. The molecule has 0 rings (SSSR count). The van der Waals surface area contributed by atoms with Gasteiger partial charge in [-0.1, -0.05) is 0 Å². The third-order valence-electron chi connectivity index (χ3n) is 0.667. The molecule has 0 saturated carbocycles. The molecule has 0 atom stereocenters. The fraction of sp³-hybridized carbons (Fsp3) is 0.667. The van der Waals surface area contributed by atoms with E-state index >= 15 is 0 Å². The second-order valence-electron chi connectivity index (χ2n) is 1.53. The lowest BCUT2D eigenvalue weighted by atomic mass is 10.7. The SMILES string of the molecule is CC[Si+2]CC.O=C([O-])C(=O)[O-]. The van der Waals surface area contributed by atoms with Crippen molar-refractivity contribution in [1.29, 1.82) is 0 Å². The predicted octanol–water partition coefficient (Wildman–Crippen LogP) is -1.95. The van der Waals surface area contributed by atoms with Crippen LogP contribution >= 0.6 is 0 Å². The van der Waals surface area contributed by atoms with Crippen LogP contribution in [-0.4, -0.2) is 21.5 Å². The lowest BCUT2D eigenvalue weighted by molar-refractivity contribution is -0.345. The van der Waals surface area contributed by atoms with E-state index in [4.69, 9.17) is 19.8 Å². The summed E-state index contributed by atoms with van der Waals surface area (Å²) in [6.07, 6.45) is 0. The molecule has 0 aromatic rings. The summed E-state index contributed by atoms with van der Waals surface area (Å²) in [7, 11) is 1.20. The van der Waals surface area contributed by atoms with Crippen LogP contribution in [0.3, 0.4) is 0 Å². The average molecular weight is 174 g/mol. The first-order chi connectivity index (χ1) is 5.06. The molecule has 0 aliphatic carbocycles. The maximum atomic E-state index is 8.93. The minimum atomic E-state index is -2.19. The average Bonchev–Trinajstić information content (AvgIpc) is 1.90. The second kappa shape index (κ2) is 9.16. The van der Waals surface area contributed by atoms with Crippen LogP contribution in [0.2, 0.25) is 12.1 Å². The first-order valence-electron chi connectivity index (χ1n) is 3.19. The van der Waals surface area contributed by atoms with Crippen molar-refractivity contribution in [2.24, 2.45) is 0 Å². The molecular weight excluding hydrogens is 164 g/mol. The van der Waals surface area contributed by atoms with Gasteiger partial charge in [-0.2, -0.15) is 0 Å². The Morgan fingerprint density at radius 3 is 1.36 bits per heavy atom. The molecule has 0 aromatic carbocycles. The molecule has 0 heterocycles. The highest BCUT2D eigenvalue weighted by atomic mass is 28.2. The van der Waals surface area contributed by atoms with Gasteiger partial charge in [0.2, 0.25) is 12.1 Å². The third-order valence-corrected chi connectivity index (χ3v) is 1.67. The summed E-state index contributed by atoms with van der Waals surface area (Å²) in [6.45, 7) is 4.45. The Kier molecular flexibility index (Phi) is 10.7. The van der Waals surface area contributed by atoms with E-state index in [1.165, 1.54) is 21.6 Å². The van der Waals surface area contributed by atoms with E-state index in [-0.39, 0.29) is 0 Å². The van der Waals surface area contributed by atoms with E-state index in [1.54, 1.807) is 0 Å². The van der Waals surface area contributed by atoms with Crippen molar-refractivity contribution in [2.45, 2.75) is 25.9 Å². The van der Waals surface area contributed by atoms with Gasteiger partial charge < -0.3 is 19.8 Å². The highest BCUT2D eigenvalue weighted by molar-refractivity contribution is 6.34. The molecule has 0 radical (unpaired) electrons. The number of carboxylic acids is 2. The third kappa shape index (κ3) is 17.6. The van der Waals surface area contributed by atoms with Crippen LogP contribution in [0.5, 0.6) is 0 Å². The molecule has 0 bridgehead atoms. The first-order valence-corrected chi connectivity index (χ1v) is 4.60. The number of carbonyl (C=O) groups excluding carboxylic acids is 2. The van der Waals surface area contributed by atoms with E-state index in [0.717, 1.165) is 0 Å². The number of hydrogen-bond acceptors (Lipinski definition) is 4. The van der Waals surface area contributed by atoms with Crippen LogP contribution in [0.1, 0.15) is 13.8 Å². The van der Waals surface area contributed by atoms with E-state index < -0.39 is 11.9 Å². The van der Waals surface area contributed by atoms with Crippen molar-refractivity contribution < 1.29 is 19.8 Å². The largest absolute Gasteiger partial charge is 0.902 e. The highest BCUT2D eigenvalue weighted by Gasteiger charge is 2.22. The summed E-state index contributed by atoms with van der Waals surface area (Å²) in [4.78, 5) is 17.9. The summed E-state index contributed by atoms with van der Waals surface area (Å²) in [6, 6.07) is 2.74. The molecule has 0 aromatic heterocycles. The molecule has 62 valence electrons. The predicted molar refractivity (Wildman–Crippen MR) is 36.7 cm³/mol. The normalized spacial score (nSPS) is 7.09. The molecular formula is C6H10O4Si. The molecule has 4 nitrogen and oxygen atoms in total. The van der Waals surface area contributed by atoms with Gasteiger partial charge in [-0.05, 0) is 0 Å². The highest BCUT2D eigenvalue weighted by Crippen LogP contribution is 1.77. The summed E-state index contributed by atoms with van der Waals surface area (Å²) in [5, 5.41) is 17.9. The quantitative estimate of drug-likeness (QED) is 0.360. The van der Waals surface area contributed by atoms with Gasteiger partial charge in [0, 0.05) is 13.8 Å². The van der Waals surface area contributed by atoms with Crippen LogP contribution in [-0.2, 0) is 9.59 Å². The summed E-state index contributed by atoms with van der Waals surface area (Å²) in [5.41, 5.74) is 0. The Hall–Kier alpha value is -0.843. The van der Waals surface area contributed by atoms with Gasteiger partial charge >= 0.3 is 9.52 Å². The van der Waals surface area contributed by atoms with Gasteiger partial charge in [-0.15, -0.1) is 0 Å². The van der Waals surface area contributed by atoms with Crippen molar-refractivity contribution in [1.82, 2.24) is 0 Å². The number of rotatable bonds is 2. The Bertz CT molecular complexity index is 110. The second-order valence-corrected chi connectivity index (χ2v) is 3.45. The van der Waals surface area contributed by atoms with Crippen molar-refractivity contribution >= 4 is 21.5 Å². The molecule has 0 amide bonds. The van der Waals surface area contributed by atoms with Gasteiger partial charge in [-0.3, -0.25) is 0 Å². The smallest absolute Gasteiger partial charge is 0.543 e. The van der Waals surface area contributed by atoms with Gasteiger partial charge in [0.25, 0.3) is 0 Å². The van der Waals surface area contributed by atoms with Crippen molar-refractivity contribution in [2.75, 3.05) is 0 Å². The maximum absolute atomic E-state index is 8.93.